The summed E-state index contributed by atoms with van der Waals surface area (Å²) in [6.45, 7) is 4.96. The van der Waals surface area contributed by atoms with Gasteiger partial charge in [0.1, 0.15) is 0 Å². The second-order valence-electron chi connectivity index (χ2n) is 5.61. The lowest BCUT2D eigenvalue weighted by Crippen LogP contribution is -2.40. The van der Waals surface area contributed by atoms with E-state index >= 15 is 0 Å². The molecular formula is C14H25N3. The van der Waals surface area contributed by atoms with Gasteiger partial charge in [-0.05, 0) is 64.1 Å². The molecule has 1 saturated heterocycles. The Hall–Kier alpha value is -0.590. The first-order valence-electron chi connectivity index (χ1n) is 7.21. The summed E-state index contributed by atoms with van der Waals surface area (Å²) in [6, 6.07) is 3.07. The van der Waals surface area contributed by atoms with Gasteiger partial charge in [0.25, 0.3) is 0 Å². The summed E-state index contributed by atoms with van der Waals surface area (Å²) in [5.74, 6) is 0.861. The number of rotatable bonds is 7. The third-order valence-electron chi connectivity index (χ3n) is 3.89. The fourth-order valence-electron chi connectivity index (χ4n) is 2.68. The molecule has 2 rings (SSSR count). The number of unbranched alkanes of at least 4 members (excludes halogenated alkanes) is 2. The Balaban J connectivity index is 1.56. The molecule has 1 aliphatic carbocycles. The highest BCUT2D eigenvalue weighted by atomic mass is 15.1. The minimum absolute atomic E-state index is 0.723. The summed E-state index contributed by atoms with van der Waals surface area (Å²) >= 11 is 0. The second kappa shape index (κ2) is 6.98. The number of piperidine rings is 1. The van der Waals surface area contributed by atoms with Crippen molar-refractivity contribution in [2.75, 3.05) is 26.2 Å². The molecule has 2 fully saturated rings. The van der Waals surface area contributed by atoms with E-state index in [1.807, 2.05) is 0 Å². The highest BCUT2D eigenvalue weighted by molar-refractivity contribution is 4.83. The average molecular weight is 235 g/mol. The Kier molecular flexibility index (Phi) is 5.28. The van der Waals surface area contributed by atoms with Crippen LogP contribution in [0.2, 0.25) is 0 Å². The highest BCUT2D eigenvalue weighted by Crippen LogP contribution is 2.21. The van der Waals surface area contributed by atoms with Crippen molar-refractivity contribution in [2.45, 2.75) is 51.0 Å². The van der Waals surface area contributed by atoms with Crippen molar-refractivity contribution in [3.05, 3.63) is 0 Å². The van der Waals surface area contributed by atoms with Crippen molar-refractivity contribution in [2.24, 2.45) is 5.92 Å². The molecule has 1 N–H and O–H groups in total. The molecule has 1 heterocycles. The van der Waals surface area contributed by atoms with Gasteiger partial charge in [0.2, 0.25) is 0 Å². The molecule has 0 aromatic heterocycles. The van der Waals surface area contributed by atoms with E-state index in [0.29, 0.717) is 0 Å². The predicted octanol–water partition coefficient (Wildman–Crippen LogP) is 2.14. The van der Waals surface area contributed by atoms with Gasteiger partial charge >= 0.3 is 0 Å². The average Bonchev–Trinajstić information content (AvgIpc) is 3.17. The van der Waals surface area contributed by atoms with Gasteiger partial charge in [-0.25, -0.2) is 0 Å². The standard InChI is InChI=1S/C14H25N3/c15-8-2-1-3-9-17-10-4-5-13(12-17)11-16-14-6-7-14/h13-14,16H,1-7,9-12H2. The molecular weight excluding hydrogens is 210 g/mol. The van der Waals surface area contributed by atoms with Gasteiger partial charge in [-0.1, -0.05) is 0 Å². The Morgan fingerprint density at radius 2 is 2.12 bits per heavy atom. The van der Waals surface area contributed by atoms with Crippen LogP contribution in [0.5, 0.6) is 0 Å². The molecule has 0 amide bonds. The maximum atomic E-state index is 8.50. The van der Waals surface area contributed by atoms with Gasteiger partial charge in [-0.15, -0.1) is 0 Å². The summed E-state index contributed by atoms with van der Waals surface area (Å²) in [5.41, 5.74) is 0. The quantitative estimate of drug-likeness (QED) is 0.687. The van der Waals surface area contributed by atoms with Crippen molar-refractivity contribution in [1.29, 1.82) is 5.26 Å². The fraction of sp³-hybridized carbons (Fsp3) is 0.929. The first-order chi connectivity index (χ1) is 8.38. The zero-order valence-corrected chi connectivity index (χ0v) is 10.8. The van der Waals surface area contributed by atoms with Crippen LogP contribution in [0.4, 0.5) is 0 Å². The Morgan fingerprint density at radius 3 is 2.88 bits per heavy atom. The third kappa shape index (κ3) is 5.06. The minimum Gasteiger partial charge on any atom is -0.314 e. The molecule has 0 spiro atoms. The molecule has 96 valence electrons. The van der Waals surface area contributed by atoms with Gasteiger partial charge in [0, 0.05) is 19.0 Å². The van der Waals surface area contributed by atoms with Gasteiger partial charge in [0.15, 0.2) is 0 Å². The zero-order chi connectivity index (χ0) is 11.9. The molecule has 1 unspecified atom stereocenters. The van der Waals surface area contributed by atoms with Gasteiger partial charge in [-0.2, -0.15) is 5.26 Å². The van der Waals surface area contributed by atoms with Crippen LogP contribution in [0.1, 0.15) is 44.9 Å². The smallest absolute Gasteiger partial charge is 0.0621 e. The summed E-state index contributed by atoms with van der Waals surface area (Å²) < 4.78 is 0. The maximum Gasteiger partial charge on any atom is 0.0621 e. The van der Waals surface area contributed by atoms with Gasteiger partial charge in [-0.3, -0.25) is 0 Å². The van der Waals surface area contributed by atoms with Crippen LogP contribution in [0.25, 0.3) is 0 Å². The summed E-state index contributed by atoms with van der Waals surface area (Å²) in [7, 11) is 0. The summed E-state index contributed by atoms with van der Waals surface area (Å²) in [6.07, 6.45) is 8.52. The number of hydrogen-bond acceptors (Lipinski definition) is 3. The van der Waals surface area contributed by atoms with Crippen molar-refractivity contribution < 1.29 is 0 Å². The Morgan fingerprint density at radius 1 is 1.24 bits per heavy atom. The topological polar surface area (TPSA) is 39.1 Å². The third-order valence-corrected chi connectivity index (χ3v) is 3.89. The van der Waals surface area contributed by atoms with Gasteiger partial charge < -0.3 is 10.2 Å². The molecule has 1 saturated carbocycles. The van der Waals surface area contributed by atoms with E-state index in [1.165, 1.54) is 58.3 Å². The number of nitriles is 1. The van der Waals surface area contributed by atoms with Crippen LogP contribution in [-0.4, -0.2) is 37.1 Å². The van der Waals surface area contributed by atoms with Crippen LogP contribution >= 0.6 is 0 Å². The monoisotopic (exact) mass is 235 g/mol. The normalized spacial score (nSPS) is 25.7. The van der Waals surface area contributed by atoms with E-state index in [-0.39, 0.29) is 0 Å². The van der Waals surface area contributed by atoms with E-state index in [2.05, 4.69) is 16.3 Å². The highest BCUT2D eigenvalue weighted by Gasteiger charge is 2.24. The largest absolute Gasteiger partial charge is 0.314 e. The molecule has 0 aromatic rings. The summed E-state index contributed by atoms with van der Waals surface area (Å²) in [4.78, 5) is 2.60. The molecule has 3 nitrogen and oxygen atoms in total. The van der Waals surface area contributed by atoms with Crippen LogP contribution in [-0.2, 0) is 0 Å². The number of nitrogens with zero attached hydrogens (tertiary/aromatic N) is 2. The minimum atomic E-state index is 0.723. The molecule has 1 atom stereocenters. The first-order valence-corrected chi connectivity index (χ1v) is 7.21. The van der Waals surface area contributed by atoms with E-state index in [1.54, 1.807) is 0 Å². The maximum absolute atomic E-state index is 8.50. The van der Waals surface area contributed by atoms with Crippen LogP contribution in [0, 0.1) is 17.2 Å². The van der Waals surface area contributed by atoms with Crippen molar-refractivity contribution in [1.82, 2.24) is 10.2 Å². The van der Waals surface area contributed by atoms with E-state index in [9.17, 15) is 0 Å². The van der Waals surface area contributed by atoms with Crippen LogP contribution in [0.3, 0.4) is 0 Å². The Bertz CT molecular complexity index is 255. The van der Waals surface area contributed by atoms with Crippen LogP contribution < -0.4 is 5.32 Å². The van der Waals surface area contributed by atoms with Crippen LogP contribution in [0.15, 0.2) is 0 Å². The summed E-state index contributed by atoms with van der Waals surface area (Å²) in [5, 5.41) is 12.2. The molecule has 17 heavy (non-hydrogen) atoms. The zero-order valence-electron chi connectivity index (χ0n) is 10.8. The lowest BCUT2D eigenvalue weighted by molar-refractivity contribution is 0.170. The number of nitrogens with one attached hydrogen (secondary N) is 1. The number of likely N-dealkylation sites (tertiary alicyclic amines) is 1. The Labute approximate surface area is 105 Å². The second-order valence-corrected chi connectivity index (χ2v) is 5.61. The van der Waals surface area contributed by atoms with E-state index in [0.717, 1.165) is 24.8 Å². The fourth-order valence-corrected chi connectivity index (χ4v) is 2.68. The lowest BCUT2D eigenvalue weighted by Gasteiger charge is -2.32. The first kappa shape index (κ1) is 12.9. The molecule has 0 aromatic carbocycles. The lowest BCUT2D eigenvalue weighted by atomic mass is 9.97. The molecule has 3 heteroatoms. The molecule has 0 bridgehead atoms. The van der Waals surface area contributed by atoms with Gasteiger partial charge in [0.05, 0.1) is 6.07 Å². The molecule has 0 radical (unpaired) electrons. The predicted molar refractivity (Wildman–Crippen MR) is 69.7 cm³/mol. The van der Waals surface area contributed by atoms with Crippen molar-refractivity contribution in [3.8, 4) is 6.07 Å². The molecule has 1 aliphatic heterocycles. The van der Waals surface area contributed by atoms with E-state index < -0.39 is 0 Å². The SMILES string of the molecule is N#CCCCCN1CCCC(CNC2CC2)C1. The number of hydrogen-bond donors (Lipinski definition) is 1. The van der Waals surface area contributed by atoms with E-state index in [4.69, 9.17) is 5.26 Å². The van der Waals surface area contributed by atoms with Crippen molar-refractivity contribution >= 4 is 0 Å². The molecule has 2 aliphatic rings. The van der Waals surface area contributed by atoms with Crippen molar-refractivity contribution in [3.63, 3.8) is 0 Å².